The van der Waals surface area contributed by atoms with Gasteiger partial charge < -0.3 is 4.74 Å². The Balaban J connectivity index is 1.89. The first-order chi connectivity index (χ1) is 15.0. The van der Waals surface area contributed by atoms with Gasteiger partial charge in [0, 0.05) is 5.56 Å². The summed E-state index contributed by atoms with van der Waals surface area (Å²) >= 11 is 0. The molecule has 0 fully saturated rings. The van der Waals surface area contributed by atoms with Gasteiger partial charge in [0.2, 0.25) is 0 Å². The number of halogens is 2. The Labute approximate surface area is 177 Å². The molecule has 0 atom stereocenters. The predicted octanol–water partition coefficient (Wildman–Crippen LogP) is 5.26. The van der Waals surface area contributed by atoms with Crippen LogP contribution in [-0.4, -0.2) is 22.6 Å². The van der Waals surface area contributed by atoms with Gasteiger partial charge in [0.25, 0.3) is 5.56 Å². The Hall–Kier alpha value is -4.00. The molecule has 156 valence electrons. The van der Waals surface area contributed by atoms with Crippen LogP contribution in [0.4, 0.5) is 14.5 Å². The van der Waals surface area contributed by atoms with Gasteiger partial charge in [0.1, 0.15) is 17.4 Å². The van der Waals surface area contributed by atoms with Crippen molar-refractivity contribution < 1.29 is 13.5 Å². The summed E-state index contributed by atoms with van der Waals surface area (Å²) in [7, 11) is 1.58. The van der Waals surface area contributed by atoms with E-state index in [2.05, 4.69) is 10.1 Å². The molecule has 0 aliphatic carbocycles. The molecule has 1 aromatic heterocycles. The second kappa shape index (κ2) is 8.39. The number of hydrogen-bond donors (Lipinski definition) is 1. The monoisotopic (exact) mass is 419 g/mol. The maximum atomic E-state index is 13.4. The van der Waals surface area contributed by atoms with Crippen LogP contribution >= 0.6 is 0 Å². The lowest BCUT2D eigenvalue weighted by Gasteiger charge is -2.05. The Morgan fingerprint density at radius 2 is 1.48 bits per heavy atom. The van der Waals surface area contributed by atoms with Gasteiger partial charge in [0.05, 0.1) is 35.5 Å². The first-order valence-corrected chi connectivity index (χ1v) is 9.53. The molecule has 7 heteroatoms. The summed E-state index contributed by atoms with van der Waals surface area (Å²) in [5.41, 5.74) is 2.80. The molecule has 0 aliphatic rings. The third-order valence-corrected chi connectivity index (χ3v) is 4.84. The number of nitrogens with zero attached hydrogens (tertiary/aromatic N) is 2. The third-order valence-electron chi connectivity index (χ3n) is 4.84. The fourth-order valence-corrected chi connectivity index (χ4v) is 3.28. The van der Waals surface area contributed by atoms with Gasteiger partial charge in [0.15, 0.2) is 0 Å². The normalized spacial score (nSPS) is 11.5. The molecule has 4 aromatic rings. The second-order valence-electron chi connectivity index (χ2n) is 6.88. The number of benzene rings is 3. The van der Waals surface area contributed by atoms with Gasteiger partial charge in [-0.05, 0) is 79.7 Å². The van der Waals surface area contributed by atoms with E-state index in [0.717, 1.165) is 5.56 Å². The van der Waals surface area contributed by atoms with Crippen LogP contribution in [0.2, 0.25) is 0 Å². The molecular formula is C24H19F2N3O2. The minimum absolute atomic E-state index is 0.333. The minimum atomic E-state index is -0.395. The Kier molecular flexibility index (Phi) is 5.49. The lowest BCUT2D eigenvalue weighted by molar-refractivity contribution is 0.415. The van der Waals surface area contributed by atoms with Crippen molar-refractivity contribution >= 4 is 11.4 Å². The van der Waals surface area contributed by atoms with E-state index < -0.39 is 5.82 Å². The van der Waals surface area contributed by atoms with Crippen LogP contribution < -0.4 is 10.3 Å². The van der Waals surface area contributed by atoms with E-state index in [1.54, 1.807) is 26.2 Å². The molecule has 1 N–H and O–H groups in total. The van der Waals surface area contributed by atoms with E-state index in [-0.39, 0.29) is 11.4 Å². The van der Waals surface area contributed by atoms with Gasteiger partial charge in [-0.3, -0.25) is 14.9 Å². The largest absolute Gasteiger partial charge is 0.497 e. The molecule has 4 rings (SSSR count). The average Bonchev–Trinajstić information content (AvgIpc) is 3.13. The topological polar surface area (TPSA) is 59.4 Å². The number of aromatic nitrogens is 2. The SMILES string of the molecule is COc1ccc(-c2[nH]n(-c3ccc(F)cc3)c(=O)c2C(C)=Nc2ccc(F)cc2)cc1. The number of ether oxygens (including phenoxy) is 1. The molecule has 0 unspecified atom stereocenters. The number of H-pyrrole nitrogens is 1. The van der Waals surface area contributed by atoms with E-state index in [1.165, 1.54) is 53.2 Å². The number of aliphatic imine (C=N–C) groups is 1. The quantitative estimate of drug-likeness (QED) is 0.449. The Morgan fingerprint density at radius 3 is 2.06 bits per heavy atom. The third kappa shape index (κ3) is 4.16. The lowest BCUT2D eigenvalue weighted by atomic mass is 10.0. The molecular weight excluding hydrogens is 400 g/mol. The van der Waals surface area contributed by atoms with Crippen LogP contribution in [-0.2, 0) is 0 Å². The van der Waals surface area contributed by atoms with E-state index >= 15 is 0 Å². The zero-order valence-electron chi connectivity index (χ0n) is 16.9. The predicted molar refractivity (Wildman–Crippen MR) is 117 cm³/mol. The smallest absolute Gasteiger partial charge is 0.280 e. The van der Waals surface area contributed by atoms with Gasteiger partial charge in [-0.1, -0.05) is 0 Å². The molecule has 31 heavy (non-hydrogen) atoms. The zero-order valence-corrected chi connectivity index (χ0v) is 16.9. The summed E-state index contributed by atoms with van der Waals surface area (Å²) in [4.78, 5) is 17.8. The van der Waals surface area contributed by atoms with Crippen LogP contribution in [0, 0.1) is 11.6 Å². The molecule has 0 amide bonds. The van der Waals surface area contributed by atoms with Crippen molar-refractivity contribution in [2.24, 2.45) is 4.99 Å². The number of methoxy groups -OCH3 is 1. The number of hydrogen-bond acceptors (Lipinski definition) is 3. The van der Waals surface area contributed by atoms with Gasteiger partial charge in [-0.2, -0.15) is 0 Å². The molecule has 0 spiro atoms. The maximum Gasteiger partial charge on any atom is 0.280 e. The maximum absolute atomic E-state index is 13.4. The van der Waals surface area contributed by atoms with Gasteiger partial charge in [-0.15, -0.1) is 0 Å². The van der Waals surface area contributed by atoms with Gasteiger partial charge >= 0.3 is 0 Å². The fraction of sp³-hybridized carbons (Fsp3) is 0.0833. The first kappa shape index (κ1) is 20.3. The Bertz CT molecular complexity index is 1290. The fourth-order valence-electron chi connectivity index (χ4n) is 3.28. The summed E-state index contributed by atoms with van der Waals surface area (Å²) in [5.74, 6) is -0.0776. The number of rotatable bonds is 5. The summed E-state index contributed by atoms with van der Waals surface area (Å²) in [6.45, 7) is 1.72. The van der Waals surface area contributed by atoms with Gasteiger partial charge in [-0.25, -0.2) is 13.5 Å². The van der Waals surface area contributed by atoms with Crippen molar-refractivity contribution in [2.75, 3.05) is 7.11 Å². The molecule has 0 radical (unpaired) electrons. The highest BCUT2D eigenvalue weighted by atomic mass is 19.1. The van der Waals surface area contributed by atoms with Crippen molar-refractivity contribution in [1.82, 2.24) is 9.78 Å². The van der Waals surface area contributed by atoms with Crippen LogP contribution in [0.1, 0.15) is 12.5 Å². The van der Waals surface area contributed by atoms with Crippen LogP contribution in [0.3, 0.4) is 0 Å². The van der Waals surface area contributed by atoms with Crippen LogP contribution in [0.25, 0.3) is 16.9 Å². The molecule has 0 saturated heterocycles. The van der Waals surface area contributed by atoms with Crippen molar-refractivity contribution in [3.05, 3.63) is 100 Å². The zero-order chi connectivity index (χ0) is 22.0. The molecule has 0 bridgehead atoms. The van der Waals surface area contributed by atoms with Crippen molar-refractivity contribution in [2.45, 2.75) is 6.92 Å². The summed E-state index contributed by atoms with van der Waals surface area (Å²) < 4.78 is 33.2. The van der Waals surface area contributed by atoms with Crippen molar-refractivity contribution in [3.63, 3.8) is 0 Å². The molecule has 3 aromatic carbocycles. The Morgan fingerprint density at radius 1 is 0.903 bits per heavy atom. The summed E-state index contributed by atoms with van der Waals surface area (Å²) in [5, 5.41) is 3.12. The minimum Gasteiger partial charge on any atom is -0.497 e. The summed E-state index contributed by atoms with van der Waals surface area (Å²) in [6.07, 6.45) is 0. The second-order valence-corrected chi connectivity index (χ2v) is 6.88. The van der Waals surface area contributed by atoms with E-state index in [0.29, 0.717) is 34.1 Å². The highest BCUT2D eigenvalue weighted by molar-refractivity contribution is 6.04. The van der Waals surface area contributed by atoms with Crippen LogP contribution in [0.5, 0.6) is 5.75 Å². The van der Waals surface area contributed by atoms with Crippen LogP contribution in [0.15, 0.2) is 82.6 Å². The van der Waals surface area contributed by atoms with Crippen molar-refractivity contribution in [1.29, 1.82) is 0 Å². The molecule has 0 aliphatic heterocycles. The average molecular weight is 419 g/mol. The van der Waals surface area contributed by atoms with Crippen molar-refractivity contribution in [3.8, 4) is 22.7 Å². The molecule has 0 saturated carbocycles. The number of aromatic amines is 1. The van der Waals surface area contributed by atoms with E-state index in [1.807, 2.05) is 12.1 Å². The lowest BCUT2D eigenvalue weighted by Crippen LogP contribution is -2.19. The number of nitrogens with one attached hydrogen (secondary N) is 1. The molecule has 5 nitrogen and oxygen atoms in total. The standard InChI is InChI=1S/C24H19F2N3O2/c1-15(27-19-9-5-17(25)6-10-19)22-23(16-3-13-21(31-2)14-4-16)28-29(24(22)30)20-11-7-18(26)8-12-20/h3-14,28H,1-2H3. The van der Waals surface area contributed by atoms with E-state index in [4.69, 9.17) is 4.74 Å². The van der Waals surface area contributed by atoms with E-state index in [9.17, 15) is 13.6 Å². The first-order valence-electron chi connectivity index (χ1n) is 9.53. The molecule has 1 heterocycles. The highest BCUT2D eigenvalue weighted by Crippen LogP contribution is 2.25. The highest BCUT2D eigenvalue weighted by Gasteiger charge is 2.19. The summed E-state index contributed by atoms with van der Waals surface area (Å²) in [6, 6.07) is 18.5.